The van der Waals surface area contributed by atoms with Crippen molar-refractivity contribution in [3.05, 3.63) is 0 Å². The maximum Gasteiger partial charge on any atom is 0.407 e. The van der Waals surface area contributed by atoms with Gasteiger partial charge in [0, 0.05) is 19.1 Å². The predicted octanol–water partition coefficient (Wildman–Crippen LogP) is 1.36. The number of nitrogens with two attached hydrogens (primary N) is 1. The van der Waals surface area contributed by atoms with Gasteiger partial charge in [-0.1, -0.05) is 0 Å². The van der Waals surface area contributed by atoms with Crippen LogP contribution in [0.5, 0.6) is 0 Å². The molecule has 0 amide bonds. The summed E-state index contributed by atoms with van der Waals surface area (Å²) >= 11 is 0. The third-order valence-corrected chi connectivity index (χ3v) is 2.63. The summed E-state index contributed by atoms with van der Waals surface area (Å²) in [6.45, 7) is 4.12. The molecule has 2 nitrogen and oxygen atoms in total. The first-order chi connectivity index (χ1) is 5.76. The Morgan fingerprint density at radius 2 is 1.92 bits per heavy atom. The van der Waals surface area contributed by atoms with E-state index in [1.54, 1.807) is 4.90 Å². The zero-order valence-electron chi connectivity index (χ0n) is 7.86. The van der Waals surface area contributed by atoms with E-state index in [1.165, 1.54) is 0 Å². The van der Waals surface area contributed by atoms with E-state index < -0.39 is 11.7 Å². The highest BCUT2D eigenvalue weighted by molar-refractivity contribution is 5.00. The molecule has 1 saturated heterocycles. The Kier molecular flexibility index (Phi) is 2.60. The average molecular weight is 196 g/mol. The van der Waals surface area contributed by atoms with Crippen molar-refractivity contribution in [1.29, 1.82) is 0 Å². The highest BCUT2D eigenvalue weighted by Gasteiger charge is 2.55. The van der Waals surface area contributed by atoms with Crippen LogP contribution < -0.4 is 5.73 Å². The second-order valence-electron chi connectivity index (χ2n) is 3.97. The van der Waals surface area contributed by atoms with Gasteiger partial charge < -0.3 is 5.73 Å². The minimum absolute atomic E-state index is 0.00861. The second kappa shape index (κ2) is 3.13. The normalized spacial score (nSPS) is 31.6. The van der Waals surface area contributed by atoms with Crippen molar-refractivity contribution in [2.24, 2.45) is 5.73 Å². The molecule has 1 aliphatic rings. The molecule has 0 spiro atoms. The smallest absolute Gasteiger partial charge is 0.317 e. The molecule has 1 rings (SSSR count). The van der Waals surface area contributed by atoms with Crippen molar-refractivity contribution >= 4 is 0 Å². The van der Waals surface area contributed by atoms with E-state index in [0.29, 0.717) is 6.54 Å². The fraction of sp³-hybridized carbons (Fsp3) is 1.00. The SMILES string of the molecule is CC(C)N1CCC(N)(C(F)(F)F)C1. The Labute approximate surface area is 75.9 Å². The van der Waals surface area contributed by atoms with Crippen molar-refractivity contribution < 1.29 is 13.2 Å². The Bertz CT molecular complexity index is 190. The fourth-order valence-corrected chi connectivity index (χ4v) is 1.54. The number of hydrogen-bond acceptors (Lipinski definition) is 2. The van der Waals surface area contributed by atoms with Crippen molar-refractivity contribution in [3.63, 3.8) is 0 Å². The van der Waals surface area contributed by atoms with Gasteiger partial charge >= 0.3 is 6.18 Å². The molecule has 0 saturated carbocycles. The summed E-state index contributed by atoms with van der Waals surface area (Å²) in [5.74, 6) is 0. The Hall–Kier alpha value is -0.290. The molecule has 1 fully saturated rings. The number of halogens is 3. The largest absolute Gasteiger partial charge is 0.407 e. The summed E-state index contributed by atoms with van der Waals surface area (Å²) in [5.41, 5.74) is 3.31. The first kappa shape index (κ1) is 10.8. The average Bonchev–Trinajstić information content (AvgIpc) is 2.31. The van der Waals surface area contributed by atoms with E-state index in [4.69, 9.17) is 5.73 Å². The summed E-state index contributed by atoms with van der Waals surface area (Å²) in [7, 11) is 0. The van der Waals surface area contributed by atoms with E-state index in [0.717, 1.165) is 0 Å². The lowest BCUT2D eigenvalue weighted by Gasteiger charge is -2.28. The lowest BCUT2D eigenvalue weighted by Crippen LogP contribution is -2.55. The van der Waals surface area contributed by atoms with E-state index in [9.17, 15) is 13.2 Å². The van der Waals surface area contributed by atoms with Crippen molar-refractivity contribution in [2.75, 3.05) is 13.1 Å². The van der Waals surface area contributed by atoms with Gasteiger partial charge in [-0.25, -0.2) is 0 Å². The molecule has 1 aliphatic heterocycles. The van der Waals surface area contributed by atoms with E-state index in [1.807, 2.05) is 13.8 Å². The summed E-state index contributed by atoms with van der Waals surface area (Å²) in [6.07, 6.45) is -4.27. The van der Waals surface area contributed by atoms with Crippen LogP contribution in [0.2, 0.25) is 0 Å². The fourth-order valence-electron chi connectivity index (χ4n) is 1.54. The van der Waals surface area contributed by atoms with Gasteiger partial charge in [-0.3, -0.25) is 4.90 Å². The van der Waals surface area contributed by atoms with Crippen LogP contribution in [-0.2, 0) is 0 Å². The molecule has 0 bridgehead atoms. The quantitative estimate of drug-likeness (QED) is 0.686. The highest BCUT2D eigenvalue weighted by Crippen LogP contribution is 2.36. The van der Waals surface area contributed by atoms with Crippen LogP contribution in [0.4, 0.5) is 13.2 Å². The zero-order chi connectivity index (χ0) is 10.3. The third kappa shape index (κ3) is 1.96. The number of likely N-dealkylation sites (tertiary alicyclic amines) is 1. The molecular weight excluding hydrogens is 181 g/mol. The van der Waals surface area contributed by atoms with Crippen LogP contribution in [0.15, 0.2) is 0 Å². The molecule has 0 aromatic heterocycles. The van der Waals surface area contributed by atoms with Crippen LogP contribution in [0.3, 0.4) is 0 Å². The molecular formula is C8H15F3N2. The summed E-state index contributed by atoms with van der Waals surface area (Å²) in [6, 6.07) is 0.132. The Morgan fingerprint density at radius 3 is 2.15 bits per heavy atom. The van der Waals surface area contributed by atoms with Gasteiger partial charge in [-0.2, -0.15) is 13.2 Å². The van der Waals surface area contributed by atoms with Crippen molar-refractivity contribution in [2.45, 2.75) is 38.0 Å². The zero-order valence-corrected chi connectivity index (χ0v) is 7.86. The molecule has 2 N–H and O–H groups in total. The van der Waals surface area contributed by atoms with Gasteiger partial charge in [0.05, 0.1) is 0 Å². The predicted molar refractivity (Wildman–Crippen MR) is 44.3 cm³/mol. The molecule has 1 unspecified atom stereocenters. The van der Waals surface area contributed by atoms with Crippen LogP contribution in [0.1, 0.15) is 20.3 Å². The highest BCUT2D eigenvalue weighted by atomic mass is 19.4. The van der Waals surface area contributed by atoms with Gasteiger partial charge in [0.15, 0.2) is 0 Å². The molecule has 5 heteroatoms. The Balaban J connectivity index is 2.67. The molecule has 78 valence electrons. The van der Waals surface area contributed by atoms with Gasteiger partial charge in [-0.05, 0) is 20.3 Å². The van der Waals surface area contributed by atoms with Gasteiger partial charge in [0.2, 0.25) is 0 Å². The van der Waals surface area contributed by atoms with Crippen LogP contribution in [0.25, 0.3) is 0 Å². The lowest BCUT2D eigenvalue weighted by atomic mass is 10.00. The maximum absolute atomic E-state index is 12.4. The molecule has 0 aromatic rings. The monoisotopic (exact) mass is 196 g/mol. The van der Waals surface area contributed by atoms with Crippen molar-refractivity contribution in [3.8, 4) is 0 Å². The van der Waals surface area contributed by atoms with E-state index >= 15 is 0 Å². The standard InChI is InChI=1S/C8H15F3N2/c1-6(2)13-4-3-7(12,5-13)8(9,10)11/h6H,3-5,12H2,1-2H3. The van der Waals surface area contributed by atoms with E-state index in [2.05, 4.69) is 0 Å². The van der Waals surface area contributed by atoms with Gasteiger partial charge in [0.1, 0.15) is 5.54 Å². The minimum atomic E-state index is -4.28. The molecule has 0 aliphatic carbocycles. The molecule has 0 aromatic carbocycles. The summed E-state index contributed by atoms with van der Waals surface area (Å²) in [5, 5.41) is 0. The first-order valence-corrected chi connectivity index (χ1v) is 4.36. The van der Waals surface area contributed by atoms with E-state index in [-0.39, 0.29) is 19.0 Å². The molecule has 13 heavy (non-hydrogen) atoms. The second-order valence-corrected chi connectivity index (χ2v) is 3.97. The van der Waals surface area contributed by atoms with Crippen molar-refractivity contribution in [1.82, 2.24) is 4.90 Å². The molecule has 1 atom stereocenters. The minimum Gasteiger partial charge on any atom is -0.317 e. The van der Waals surface area contributed by atoms with Crippen LogP contribution in [0, 0.1) is 0 Å². The summed E-state index contributed by atoms with van der Waals surface area (Å²) < 4.78 is 37.3. The number of rotatable bonds is 1. The third-order valence-electron chi connectivity index (χ3n) is 2.63. The van der Waals surface area contributed by atoms with Gasteiger partial charge in [-0.15, -0.1) is 0 Å². The first-order valence-electron chi connectivity index (χ1n) is 4.36. The Morgan fingerprint density at radius 1 is 1.38 bits per heavy atom. The van der Waals surface area contributed by atoms with Crippen LogP contribution >= 0.6 is 0 Å². The topological polar surface area (TPSA) is 29.3 Å². The number of hydrogen-bond donors (Lipinski definition) is 1. The summed E-state index contributed by atoms with van der Waals surface area (Å²) in [4.78, 5) is 1.76. The maximum atomic E-state index is 12.4. The molecule has 1 heterocycles. The molecule has 0 radical (unpaired) electrons. The van der Waals surface area contributed by atoms with Gasteiger partial charge in [0.25, 0.3) is 0 Å². The van der Waals surface area contributed by atoms with Crippen LogP contribution in [-0.4, -0.2) is 35.7 Å². The number of alkyl halides is 3. The lowest BCUT2D eigenvalue weighted by molar-refractivity contribution is -0.182. The number of nitrogens with zero attached hydrogens (tertiary/aromatic N) is 1.